The molecule has 2 aromatic heterocycles. The molecule has 10 nitrogen and oxygen atoms in total. The average Bonchev–Trinajstić information content (AvgIpc) is 3.32. The number of primary amides is 1. The minimum absolute atomic E-state index is 0.217. The lowest BCUT2D eigenvalue weighted by Gasteiger charge is -2.18. The van der Waals surface area contributed by atoms with Crippen molar-refractivity contribution in [2.75, 3.05) is 24.4 Å². The number of amides is 3. The van der Waals surface area contributed by atoms with Crippen LogP contribution in [0.25, 0.3) is 10.9 Å². The highest BCUT2D eigenvalue weighted by Crippen LogP contribution is 2.33. The molecule has 0 aliphatic rings. The number of aromatic nitrogens is 2. The Kier molecular flexibility index (Phi) is 6.52. The number of carbonyl (C=O) groups is 2. The van der Waals surface area contributed by atoms with Gasteiger partial charge in [-0.05, 0) is 36.4 Å². The first-order chi connectivity index (χ1) is 17.1. The topological polar surface area (TPSA) is 133 Å². The van der Waals surface area contributed by atoms with Crippen LogP contribution in [-0.2, 0) is 5.41 Å². The van der Waals surface area contributed by atoms with E-state index >= 15 is 0 Å². The molecule has 3 amide bonds. The van der Waals surface area contributed by atoms with Crippen molar-refractivity contribution in [1.29, 1.82) is 0 Å². The van der Waals surface area contributed by atoms with Gasteiger partial charge in [-0.15, -0.1) is 0 Å². The molecule has 186 valence electrons. The number of anilines is 2. The Morgan fingerprint density at radius 1 is 1.06 bits per heavy atom. The lowest BCUT2D eigenvalue weighted by molar-refractivity contribution is 0.0997. The molecular formula is C26H27N5O5. The molecule has 10 heteroatoms. The third kappa shape index (κ3) is 5.07. The van der Waals surface area contributed by atoms with Crippen LogP contribution in [0.2, 0.25) is 0 Å². The first kappa shape index (κ1) is 24.5. The lowest BCUT2D eigenvalue weighted by Crippen LogP contribution is -2.31. The summed E-state index contributed by atoms with van der Waals surface area (Å²) in [5, 5.41) is 7.25. The second-order valence-electron chi connectivity index (χ2n) is 9.15. The smallest absolute Gasteiger partial charge is 0.327 e. The van der Waals surface area contributed by atoms with E-state index in [0.717, 1.165) is 0 Å². The van der Waals surface area contributed by atoms with Crippen molar-refractivity contribution in [3.63, 3.8) is 0 Å². The minimum atomic E-state index is -0.616. The van der Waals surface area contributed by atoms with E-state index in [9.17, 15) is 9.59 Å². The van der Waals surface area contributed by atoms with Crippen molar-refractivity contribution in [3.05, 3.63) is 66.1 Å². The van der Waals surface area contributed by atoms with Crippen LogP contribution in [0.15, 0.2) is 59.3 Å². The van der Waals surface area contributed by atoms with Gasteiger partial charge in [-0.3, -0.25) is 20.0 Å². The molecule has 0 saturated carbocycles. The third-order valence-electron chi connectivity index (χ3n) is 5.53. The van der Waals surface area contributed by atoms with Crippen molar-refractivity contribution >= 4 is 34.3 Å². The Morgan fingerprint density at radius 3 is 2.39 bits per heavy atom. The minimum Gasteiger partial charge on any atom is -0.496 e. The second-order valence-corrected chi connectivity index (χ2v) is 9.15. The normalized spacial score (nSPS) is 11.2. The SMILES string of the molecule is COc1cc2nccc(Oc3ccc(N(C)C(=O)Nc4cc(C(C)(C)C)on4)cc3)c2cc1C(N)=O. The Balaban J connectivity index is 1.50. The van der Waals surface area contributed by atoms with Gasteiger partial charge in [0.15, 0.2) is 5.82 Å². The molecule has 0 aliphatic carbocycles. The molecule has 2 heterocycles. The number of urea groups is 1. The third-order valence-corrected chi connectivity index (χ3v) is 5.53. The van der Waals surface area contributed by atoms with Crippen LogP contribution in [-0.4, -0.2) is 36.2 Å². The summed E-state index contributed by atoms with van der Waals surface area (Å²) in [5.74, 6) is 1.76. The van der Waals surface area contributed by atoms with E-state index in [1.54, 1.807) is 61.8 Å². The maximum atomic E-state index is 12.7. The van der Waals surface area contributed by atoms with Crippen LogP contribution in [0.4, 0.5) is 16.3 Å². The molecule has 0 saturated heterocycles. The van der Waals surface area contributed by atoms with E-state index in [1.165, 1.54) is 12.0 Å². The summed E-state index contributed by atoms with van der Waals surface area (Å²) in [6.45, 7) is 5.99. The van der Waals surface area contributed by atoms with Crippen LogP contribution in [0.3, 0.4) is 0 Å². The van der Waals surface area contributed by atoms with Gasteiger partial charge in [0.05, 0.1) is 18.2 Å². The number of nitrogens with one attached hydrogen (secondary N) is 1. The molecule has 36 heavy (non-hydrogen) atoms. The zero-order chi connectivity index (χ0) is 26.0. The van der Waals surface area contributed by atoms with Gasteiger partial charge < -0.3 is 19.7 Å². The van der Waals surface area contributed by atoms with Crippen LogP contribution in [0.1, 0.15) is 36.9 Å². The zero-order valence-corrected chi connectivity index (χ0v) is 20.7. The number of fused-ring (bicyclic) bond motifs is 1. The second kappa shape index (κ2) is 9.57. The van der Waals surface area contributed by atoms with Gasteiger partial charge in [0.25, 0.3) is 5.91 Å². The highest BCUT2D eigenvalue weighted by atomic mass is 16.5. The first-order valence-corrected chi connectivity index (χ1v) is 11.1. The molecule has 3 N–H and O–H groups in total. The maximum absolute atomic E-state index is 12.7. The number of benzene rings is 2. The van der Waals surface area contributed by atoms with Gasteiger partial charge in [-0.25, -0.2) is 4.79 Å². The Labute approximate surface area is 208 Å². The quantitative estimate of drug-likeness (QED) is 0.385. The summed E-state index contributed by atoms with van der Waals surface area (Å²) in [6.07, 6.45) is 1.60. The molecule has 0 fully saturated rings. The van der Waals surface area contributed by atoms with E-state index in [1.807, 2.05) is 20.8 Å². The molecule has 4 rings (SSSR count). The van der Waals surface area contributed by atoms with Crippen LogP contribution >= 0.6 is 0 Å². The predicted molar refractivity (Wildman–Crippen MR) is 136 cm³/mol. The number of nitrogens with zero attached hydrogens (tertiary/aromatic N) is 3. The Bertz CT molecular complexity index is 1420. The molecule has 0 spiro atoms. The van der Waals surface area contributed by atoms with Crippen molar-refractivity contribution in [2.45, 2.75) is 26.2 Å². The van der Waals surface area contributed by atoms with Gasteiger partial charge >= 0.3 is 6.03 Å². The standard InChI is InChI=1S/C26H27N5O5/c1-26(2,3)22-14-23(30-36-22)29-25(33)31(4)15-6-8-16(9-7-15)35-20-10-11-28-19-13-21(34-5)18(24(27)32)12-17(19)20/h6-14H,1-5H3,(H2,27,32)(H,29,30,33). The highest BCUT2D eigenvalue weighted by Gasteiger charge is 2.21. The van der Waals surface area contributed by atoms with E-state index in [0.29, 0.717) is 45.4 Å². The fourth-order valence-corrected chi connectivity index (χ4v) is 3.46. The molecule has 0 atom stereocenters. The van der Waals surface area contributed by atoms with Crippen molar-refractivity contribution in [2.24, 2.45) is 5.73 Å². The van der Waals surface area contributed by atoms with Crippen molar-refractivity contribution in [1.82, 2.24) is 10.1 Å². The van der Waals surface area contributed by atoms with E-state index in [4.69, 9.17) is 19.7 Å². The Hall–Kier alpha value is -4.60. The van der Waals surface area contributed by atoms with Gasteiger partial charge in [0.1, 0.15) is 23.0 Å². The maximum Gasteiger partial charge on any atom is 0.327 e. The van der Waals surface area contributed by atoms with Crippen molar-refractivity contribution in [3.8, 4) is 17.2 Å². The molecular weight excluding hydrogens is 462 g/mol. The number of rotatable bonds is 6. The number of hydrogen-bond acceptors (Lipinski definition) is 7. The zero-order valence-electron chi connectivity index (χ0n) is 20.7. The number of pyridine rings is 1. The van der Waals surface area contributed by atoms with Gasteiger partial charge in [0.2, 0.25) is 0 Å². The number of hydrogen-bond donors (Lipinski definition) is 2. The highest BCUT2D eigenvalue weighted by molar-refractivity contribution is 6.02. The van der Waals surface area contributed by atoms with Gasteiger partial charge in [-0.1, -0.05) is 25.9 Å². The van der Waals surface area contributed by atoms with Gasteiger partial charge in [0, 0.05) is 41.9 Å². The Morgan fingerprint density at radius 2 is 1.78 bits per heavy atom. The summed E-state index contributed by atoms with van der Waals surface area (Å²) in [5.41, 5.74) is 6.73. The van der Waals surface area contributed by atoms with E-state index in [2.05, 4.69) is 15.5 Å². The fourth-order valence-electron chi connectivity index (χ4n) is 3.46. The van der Waals surface area contributed by atoms with Crippen LogP contribution in [0, 0.1) is 0 Å². The number of carbonyl (C=O) groups excluding carboxylic acids is 2. The summed E-state index contributed by atoms with van der Waals surface area (Å²) >= 11 is 0. The summed E-state index contributed by atoms with van der Waals surface area (Å²) in [7, 11) is 3.10. The monoisotopic (exact) mass is 489 g/mol. The summed E-state index contributed by atoms with van der Waals surface area (Å²) < 4.78 is 16.6. The van der Waals surface area contributed by atoms with Crippen LogP contribution in [0.5, 0.6) is 17.2 Å². The average molecular weight is 490 g/mol. The summed E-state index contributed by atoms with van der Waals surface area (Å²) in [6, 6.07) is 13.2. The molecule has 0 radical (unpaired) electrons. The fraction of sp³-hybridized carbons (Fsp3) is 0.231. The number of methoxy groups -OCH3 is 1. The number of nitrogens with two attached hydrogens (primary N) is 1. The molecule has 0 unspecified atom stereocenters. The molecule has 2 aromatic carbocycles. The van der Waals surface area contributed by atoms with E-state index < -0.39 is 5.91 Å². The first-order valence-electron chi connectivity index (χ1n) is 11.1. The molecule has 0 bridgehead atoms. The number of ether oxygens (including phenoxy) is 2. The lowest BCUT2D eigenvalue weighted by atomic mass is 9.93. The van der Waals surface area contributed by atoms with Crippen LogP contribution < -0.4 is 25.4 Å². The van der Waals surface area contributed by atoms with E-state index in [-0.39, 0.29) is 17.0 Å². The molecule has 4 aromatic rings. The van der Waals surface area contributed by atoms with Crippen molar-refractivity contribution < 1.29 is 23.6 Å². The molecule has 0 aliphatic heterocycles. The van der Waals surface area contributed by atoms with Gasteiger partial charge in [-0.2, -0.15) is 0 Å². The summed E-state index contributed by atoms with van der Waals surface area (Å²) in [4.78, 5) is 30.3. The largest absolute Gasteiger partial charge is 0.496 e. The predicted octanol–water partition coefficient (Wildman–Crippen LogP) is 5.09.